The summed E-state index contributed by atoms with van der Waals surface area (Å²) in [7, 11) is 0. The molecule has 1 aliphatic carbocycles. The fourth-order valence-electron chi connectivity index (χ4n) is 2.93. The Hall–Kier alpha value is -0.300. The summed E-state index contributed by atoms with van der Waals surface area (Å²) in [4.78, 5) is 0. The van der Waals surface area contributed by atoms with Crippen LogP contribution in [0.25, 0.3) is 0 Å². The molecule has 0 spiro atoms. The minimum atomic E-state index is -0.424. The molecule has 16 heavy (non-hydrogen) atoms. The van der Waals surface area contributed by atoms with E-state index in [1.54, 1.807) is 0 Å². The van der Waals surface area contributed by atoms with Gasteiger partial charge in [0.2, 0.25) is 0 Å². The van der Waals surface area contributed by atoms with Gasteiger partial charge in [0.1, 0.15) is 0 Å². The van der Waals surface area contributed by atoms with Crippen molar-refractivity contribution < 1.29 is 5.11 Å². The van der Waals surface area contributed by atoms with Gasteiger partial charge in [0.25, 0.3) is 0 Å². The fraction of sp³-hybridized carbons (Fsp3) is 0.867. The molecular weight excluding hydrogens is 196 g/mol. The highest BCUT2D eigenvalue weighted by atomic mass is 16.3. The second-order valence-corrected chi connectivity index (χ2v) is 5.36. The van der Waals surface area contributed by atoms with Crippen molar-refractivity contribution in [3.63, 3.8) is 0 Å². The van der Waals surface area contributed by atoms with Gasteiger partial charge in [-0.25, -0.2) is 0 Å². The van der Waals surface area contributed by atoms with E-state index in [0.717, 1.165) is 19.3 Å². The van der Waals surface area contributed by atoms with Crippen LogP contribution in [0.2, 0.25) is 0 Å². The number of aliphatic hydroxyl groups is 1. The van der Waals surface area contributed by atoms with Crippen LogP contribution in [0.4, 0.5) is 0 Å². The molecule has 0 radical (unpaired) electrons. The molecule has 0 heterocycles. The van der Waals surface area contributed by atoms with Crippen molar-refractivity contribution in [2.45, 2.75) is 76.7 Å². The molecule has 1 nitrogen and oxygen atoms in total. The third-order valence-corrected chi connectivity index (χ3v) is 4.06. The molecule has 1 saturated carbocycles. The fourth-order valence-corrected chi connectivity index (χ4v) is 2.93. The first-order chi connectivity index (χ1) is 7.73. The summed E-state index contributed by atoms with van der Waals surface area (Å²) in [5.74, 6) is 0.324. The highest BCUT2D eigenvalue weighted by molar-refractivity contribution is 4.97. The molecule has 1 unspecified atom stereocenters. The standard InChI is InChI=1S/C15H28O/c1-3-5-6-8-11-14(4-2)15(16)12-9-7-10-13-15/h4,14,16H,2-3,5-13H2,1H3. The number of hydrogen-bond acceptors (Lipinski definition) is 1. The summed E-state index contributed by atoms with van der Waals surface area (Å²) in [6.07, 6.45) is 13.9. The van der Waals surface area contributed by atoms with Gasteiger partial charge in [-0.05, 0) is 19.3 Å². The maximum atomic E-state index is 10.6. The number of rotatable bonds is 7. The van der Waals surface area contributed by atoms with Crippen LogP contribution in [0.1, 0.15) is 71.1 Å². The number of hydrogen-bond donors (Lipinski definition) is 1. The van der Waals surface area contributed by atoms with Crippen molar-refractivity contribution in [2.24, 2.45) is 5.92 Å². The van der Waals surface area contributed by atoms with E-state index in [4.69, 9.17) is 0 Å². The van der Waals surface area contributed by atoms with E-state index in [9.17, 15) is 5.11 Å². The van der Waals surface area contributed by atoms with Gasteiger partial charge < -0.3 is 5.11 Å². The molecule has 0 aromatic carbocycles. The third kappa shape index (κ3) is 3.93. The minimum Gasteiger partial charge on any atom is -0.389 e. The van der Waals surface area contributed by atoms with E-state index in [1.807, 2.05) is 6.08 Å². The van der Waals surface area contributed by atoms with Crippen LogP contribution in [0.15, 0.2) is 12.7 Å². The highest BCUT2D eigenvalue weighted by Gasteiger charge is 2.35. The maximum Gasteiger partial charge on any atom is 0.0710 e. The molecule has 1 N–H and O–H groups in total. The largest absolute Gasteiger partial charge is 0.389 e. The predicted octanol–water partition coefficient (Wildman–Crippen LogP) is 4.45. The molecule has 0 aromatic heterocycles. The van der Waals surface area contributed by atoms with Gasteiger partial charge in [0.05, 0.1) is 5.60 Å². The second-order valence-electron chi connectivity index (χ2n) is 5.36. The van der Waals surface area contributed by atoms with Gasteiger partial charge in [0.15, 0.2) is 0 Å². The minimum absolute atomic E-state index is 0.324. The lowest BCUT2D eigenvalue weighted by molar-refractivity contribution is -0.0360. The molecule has 1 atom stereocenters. The lowest BCUT2D eigenvalue weighted by atomic mass is 9.74. The van der Waals surface area contributed by atoms with E-state index in [0.29, 0.717) is 5.92 Å². The Balaban J connectivity index is 2.36. The van der Waals surface area contributed by atoms with Crippen LogP contribution in [0, 0.1) is 5.92 Å². The van der Waals surface area contributed by atoms with Crippen molar-refractivity contribution in [3.05, 3.63) is 12.7 Å². The molecule has 0 amide bonds. The van der Waals surface area contributed by atoms with Gasteiger partial charge in [-0.2, -0.15) is 0 Å². The summed E-state index contributed by atoms with van der Waals surface area (Å²) in [6.45, 7) is 6.16. The summed E-state index contributed by atoms with van der Waals surface area (Å²) < 4.78 is 0. The molecular formula is C15H28O. The first-order valence-electron chi connectivity index (χ1n) is 7.08. The van der Waals surface area contributed by atoms with E-state index >= 15 is 0 Å². The molecule has 1 fully saturated rings. The zero-order valence-corrected chi connectivity index (χ0v) is 10.9. The molecule has 1 rings (SSSR count). The van der Waals surface area contributed by atoms with Crippen molar-refractivity contribution in [2.75, 3.05) is 0 Å². The van der Waals surface area contributed by atoms with Gasteiger partial charge >= 0.3 is 0 Å². The zero-order chi connectivity index (χ0) is 11.9. The van der Waals surface area contributed by atoms with Crippen molar-refractivity contribution in [3.8, 4) is 0 Å². The smallest absolute Gasteiger partial charge is 0.0710 e. The SMILES string of the molecule is C=CC(CCCCCC)C1(O)CCCCC1. The maximum absolute atomic E-state index is 10.6. The topological polar surface area (TPSA) is 20.2 Å². The second kappa shape index (κ2) is 7.11. The van der Waals surface area contributed by atoms with Gasteiger partial charge in [-0.3, -0.25) is 0 Å². The molecule has 1 aliphatic rings. The average Bonchev–Trinajstić information content (AvgIpc) is 2.30. The van der Waals surface area contributed by atoms with Crippen molar-refractivity contribution in [1.82, 2.24) is 0 Å². The summed E-state index contributed by atoms with van der Waals surface area (Å²) in [5, 5.41) is 10.6. The first-order valence-corrected chi connectivity index (χ1v) is 7.08. The normalized spacial score (nSPS) is 21.6. The van der Waals surface area contributed by atoms with E-state index in [1.165, 1.54) is 44.9 Å². The lowest BCUT2D eigenvalue weighted by Crippen LogP contribution is -2.38. The Morgan fingerprint density at radius 3 is 2.44 bits per heavy atom. The van der Waals surface area contributed by atoms with Crippen LogP contribution in [-0.2, 0) is 0 Å². The Kier molecular flexibility index (Phi) is 6.12. The van der Waals surface area contributed by atoms with Crippen LogP contribution in [-0.4, -0.2) is 10.7 Å². The van der Waals surface area contributed by atoms with Gasteiger partial charge in [-0.1, -0.05) is 57.9 Å². The Labute approximate surface area is 101 Å². The van der Waals surface area contributed by atoms with E-state index in [2.05, 4.69) is 13.5 Å². The quantitative estimate of drug-likeness (QED) is 0.500. The van der Waals surface area contributed by atoms with Gasteiger partial charge in [0, 0.05) is 5.92 Å². The van der Waals surface area contributed by atoms with Gasteiger partial charge in [-0.15, -0.1) is 6.58 Å². The Morgan fingerprint density at radius 2 is 1.88 bits per heavy atom. The molecule has 0 bridgehead atoms. The van der Waals surface area contributed by atoms with Crippen LogP contribution >= 0.6 is 0 Å². The van der Waals surface area contributed by atoms with Crippen LogP contribution in [0.3, 0.4) is 0 Å². The Morgan fingerprint density at radius 1 is 1.19 bits per heavy atom. The average molecular weight is 224 g/mol. The lowest BCUT2D eigenvalue weighted by Gasteiger charge is -2.38. The van der Waals surface area contributed by atoms with E-state index < -0.39 is 5.60 Å². The van der Waals surface area contributed by atoms with E-state index in [-0.39, 0.29) is 0 Å². The molecule has 94 valence electrons. The summed E-state index contributed by atoms with van der Waals surface area (Å²) in [5.41, 5.74) is -0.424. The first kappa shape index (κ1) is 13.8. The van der Waals surface area contributed by atoms with Crippen molar-refractivity contribution >= 4 is 0 Å². The van der Waals surface area contributed by atoms with Crippen molar-refractivity contribution in [1.29, 1.82) is 0 Å². The Bertz CT molecular complexity index is 192. The van der Waals surface area contributed by atoms with Crippen LogP contribution < -0.4 is 0 Å². The highest BCUT2D eigenvalue weighted by Crippen LogP contribution is 2.37. The molecule has 1 heteroatoms. The predicted molar refractivity (Wildman–Crippen MR) is 70.5 cm³/mol. The summed E-state index contributed by atoms with van der Waals surface area (Å²) in [6, 6.07) is 0. The molecule has 0 aliphatic heterocycles. The third-order valence-electron chi connectivity index (χ3n) is 4.06. The monoisotopic (exact) mass is 224 g/mol. The molecule has 0 saturated heterocycles. The van der Waals surface area contributed by atoms with Crippen LogP contribution in [0.5, 0.6) is 0 Å². The number of unbranched alkanes of at least 4 members (excludes halogenated alkanes) is 3. The molecule has 0 aromatic rings. The summed E-state index contributed by atoms with van der Waals surface area (Å²) >= 11 is 0. The zero-order valence-electron chi connectivity index (χ0n) is 10.9.